The number of para-hydroxylation sites is 1. The van der Waals surface area contributed by atoms with Crippen LogP contribution >= 0.6 is 0 Å². The van der Waals surface area contributed by atoms with Crippen LogP contribution < -0.4 is 4.90 Å². The highest BCUT2D eigenvalue weighted by Gasteiger charge is 2.47. The summed E-state index contributed by atoms with van der Waals surface area (Å²) in [7, 11) is 0. The largest absolute Gasteiger partial charge is 0.480 e. The minimum absolute atomic E-state index is 0.0420. The van der Waals surface area contributed by atoms with Crippen LogP contribution in [-0.4, -0.2) is 64.5 Å². The van der Waals surface area contributed by atoms with E-state index in [4.69, 9.17) is 0 Å². The van der Waals surface area contributed by atoms with Crippen molar-refractivity contribution in [3.63, 3.8) is 0 Å². The summed E-state index contributed by atoms with van der Waals surface area (Å²) in [6.45, 7) is 0.418. The first-order chi connectivity index (χ1) is 19.0. The highest BCUT2D eigenvalue weighted by Crippen LogP contribution is 2.48. The first-order valence-electron chi connectivity index (χ1n) is 13.8. The molecule has 39 heavy (non-hydrogen) atoms. The molecule has 0 aromatic heterocycles. The van der Waals surface area contributed by atoms with Crippen molar-refractivity contribution in [2.75, 3.05) is 24.5 Å². The van der Waals surface area contributed by atoms with E-state index in [9.17, 15) is 19.5 Å². The van der Waals surface area contributed by atoms with Crippen LogP contribution in [0.4, 0.5) is 10.5 Å². The molecule has 3 atom stereocenters. The second-order valence-electron chi connectivity index (χ2n) is 10.8. The molecule has 7 nitrogen and oxygen atoms in total. The van der Waals surface area contributed by atoms with Gasteiger partial charge in [-0.25, -0.2) is 9.59 Å². The number of hydrogen-bond donors (Lipinski definition) is 1. The Morgan fingerprint density at radius 1 is 0.769 bits per heavy atom. The fourth-order valence-corrected chi connectivity index (χ4v) is 6.74. The number of hydrogen-bond acceptors (Lipinski definition) is 3. The summed E-state index contributed by atoms with van der Waals surface area (Å²) >= 11 is 0. The van der Waals surface area contributed by atoms with Crippen molar-refractivity contribution in [1.29, 1.82) is 0 Å². The van der Waals surface area contributed by atoms with Crippen molar-refractivity contribution in [1.82, 2.24) is 9.80 Å². The molecule has 7 heteroatoms. The number of carboxylic acids is 1. The van der Waals surface area contributed by atoms with Gasteiger partial charge in [0, 0.05) is 30.7 Å². The summed E-state index contributed by atoms with van der Waals surface area (Å²) in [5.74, 6) is -1.49. The van der Waals surface area contributed by atoms with Crippen molar-refractivity contribution >= 4 is 23.6 Å². The average molecular weight is 524 g/mol. The number of aliphatic carboxylic acids is 1. The van der Waals surface area contributed by atoms with Gasteiger partial charge in [0.2, 0.25) is 5.91 Å². The van der Waals surface area contributed by atoms with Gasteiger partial charge in [0.15, 0.2) is 0 Å². The number of fused-ring (bicyclic) bond motifs is 3. The Morgan fingerprint density at radius 3 is 2.05 bits per heavy atom. The lowest BCUT2D eigenvalue weighted by molar-refractivity contribution is -0.147. The fourth-order valence-electron chi connectivity index (χ4n) is 6.74. The van der Waals surface area contributed by atoms with Crippen molar-refractivity contribution in [2.24, 2.45) is 0 Å². The molecule has 1 aliphatic carbocycles. The van der Waals surface area contributed by atoms with Crippen LogP contribution in [0, 0.1) is 0 Å². The Kier molecular flexibility index (Phi) is 6.81. The van der Waals surface area contributed by atoms with Crippen molar-refractivity contribution in [2.45, 2.75) is 49.6 Å². The number of amides is 3. The first-order valence-corrected chi connectivity index (χ1v) is 13.8. The molecule has 2 unspecified atom stereocenters. The van der Waals surface area contributed by atoms with Gasteiger partial charge in [-0.15, -0.1) is 0 Å². The number of anilines is 1. The average Bonchev–Trinajstić information content (AvgIpc) is 3.32. The normalized spacial score (nSPS) is 22.4. The topological polar surface area (TPSA) is 81.2 Å². The van der Waals surface area contributed by atoms with E-state index in [1.165, 1.54) is 10.5 Å². The van der Waals surface area contributed by atoms with Gasteiger partial charge in [0.25, 0.3) is 0 Å². The van der Waals surface area contributed by atoms with Gasteiger partial charge in [0.05, 0.1) is 12.5 Å². The lowest BCUT2D eigenvalue weighted by Crippen LogP contribution is -2.63. The van der Waals surface area contributed by atoms with Crippen LogP contribution in [-0.2, 0) is 9.59 Å². The van der Waals surface area contributed by atoms with E-state index in [1.54, 1.807) is 4.90 Å². The zero-order valence-electron chi connectivity index (χ0n) is 21.9. The zero-order valence-corrected chi connectivity index (χ0v) is 21.9. The van der Waals surface area contributed by atoms with E-state index in [1.807, 2.05) is 83.8 Å². The summed E-state index contributed by atoms with van der Waals surface area (Å²) in [6, 6.07) is 25.9. The first kappa shape index (κ1) is 25.2. The number of nitrogens with zero attached hydrogens (tertiary/aromatic N) is 3. The molecule has 1 saturated carbocycles. The standard InChI is InChI=1S/C32H33N3O4/c36-30(29(22-11-3-1-4-12-22)23-13-5-2-6-14-23)33-19-20-34(28(21-33)31(37)38)32(39)35-26-17-9-7-15-24(26)25-16-8-10-18-27(25)35/h1-7,9,11-15,17,25,27-29H,8,10,16,18-21H2,(H,37,38)/t25?,27?,28-/m0/s1. The van der Waals surface area contributed by atoms with Crippen LogP contribution in [0.2, 0.25) is 0 Å². The number of piperazine rings is 1. The second kappa shape index (κ2) is 10.6. The summed E-state index contributed by atoms with van der Waals surface area (Å²) < 4.78 is 0. The molecule has 2 fully saturated rings. The van der Waals surface area contributed by atoms with Crippen molar-refractivity contribution < 1.29 is 19.5 Å². The number of carbonyl (C=O) groups excluding carboxylic acids is 2. The van der Waals surface area contributed by atoms with Gasteiger partial charge >= 0.3 is 12.0 Å². The molecule has 0 spiro atoms. The van der Waals surface area contributed by atoms with Gasteiger partial charge in [-0.2, -0.15) is 0 Å². The van der Waals surface area contributed by atoms with E-state index < -0.39 is 17.9 Å². The van der Waals surface area contributed by atoms with Crippen LogP contribution in [0.25, 0.3) is 0 Å². The van der Waals surface area contributed by atoms with E-state index >= 15 is 0 Å². The SMILES string of the molecule is O=C(O)[C@@H]1CN(C(=O)C(c2ccccc2)c2ccccc2)CCN1C(=O)N1c2ccccc2C2CCCCC21. The van der Waals surface area contributed by atoms with E-state index in [0.717, 1.165) is 42.5 Å². The monoisotopic (exact) mass is 523 g/mol. The predicted octanol–water partition coefficient (Wildman–Crippen LogP) is 5.08. The quantitative estimate of drug-likeness (QED) is 0.517. The smallest absolute Gasteiger partial charge is 0.328 e. The van der Waals surface area contributed by atoms with Crippen LogP contribution in [0.1, 0.15) is 54.2 Å². The molecule has 2 aliphatic heterocycles. The molecule has 3 aromatic rings. The van der Waals surface area contributed by atoms with Gasteiger partial charge < -0.3 is 14.9 Å². The molecule has 3 aliphatic rings. The summed E-state index contributed by atoms with van der Waals surface area (Å²) in [6.07, 6.45) is 4.15. The fraction of sp³-hybridized carbons (Fsp3) is 0.344. The van der Waals surface area contributed by atoms with Crippen LogP contribution in [0.15, 0.2) is 84.9 Å². The predicted molar refractivity (Wildman–Crippen MR) is 149 cm³/mol. The minimum atomic E-state index is -1.11. The maximum Gasteiger partial charge on any atom is 0.328 e. The van der Waals surface area contributed by atoms with E-state index in [0.29, 0.717) is 5.92 Å². The molecule has 0 radical (unpaired) electrons. The third kappa shape index (κ3) is 4.56. The van der Waals surface area contributed by atoms with Crippen molar-refractivity contribution in [3.8, 4) is 0 Å². The summed E-state index contributed by atoms with van der Waals surface area (Å²) in [4.78, 5) is 45.5. The molecule has 200 valence electrons. The molecule has 0 bridgehead atoms. The molecule has 1 N–H and O–H groups in total. The maximum absolute atomic E-state index is 14.1. The molecule has 1 saturated heterocycles. The zero-order chi connectivity index (χ0) is 26.9. The number of carboxylic acid groups (broad SMARTS) is 1. The van der Waals surface area contributed by atoms with Gasteiger partial charge in [-0.3, -0.25) is 9.69 Å². The lowest BCUT2D eigenvalue weighted by Gasteiger charge is -2.43. The molecule has 3 aromatic carbocycles. The second-order valence-corrected chi connectivity index (χ2v) is 10.8. The Morgan fingerprint density at radius 2 is 1.38 bits per heavy atom. The Hall–Kier alpha value is -4.13. The minimum Gasteiger partial charge on any atom is -0.480 e. The highest BCUT2D eigenvalue weighted by molar-refractivity contribution is 5.98. The Bertz CT molecular complexity index is 1320. The third-order valence-corrected chi connectivity index (χ3v) is 8.60. The molecule has 2 heterocycles. The van der Waals surface area contributed by atoms with Crippen LogP contribution in [0.3, 0.4) is 0 Å². The molecule has 6 rings (SSSR count). The number of rotatable bonds is 4. The van der Waals surface area contributed by atoms with Gasteiger partial charge in [0.1, 0.15) is 6.04 Å². The molecular formula is C32H33N3O4. The van der Waals surface area contributed by atoms with E-state index in [-0.39, 0.29) is 37.6 Å². The number of benzene rings is 3. The van der Waals surface area contributed by atoms with Gasteiger partial charge in [-0.05, 0) is 35.6 Å². The highest BCUT2D eigenvalue weighted by atomic mass is 16.4. The maximum atomic E-state index is 14.1. The van der Waals surface area contributed by atoms with Gasteiger partial charge in [-0.1, -0.05) is 91.7 Å². The van der Waals surface area contributed by atoms with E-state index in [2.05, 4.69) is 6.07 Å². The summed E-state index contributed by atoms with van der Waals surface area (Å²) in [5.41, 5.74) is 3.80. The Balaban J connectivity index is 1.27. The lowest BCUT2D eigenvalue weighted by atomic mass is 9.82. The van der Waals surface area contributed by atoms with Crippen molar-refractivity contribution in [3.05, 3.63) is 102 Å². The number of carbonyl (C=O) groups is 3. The Labute approximate surface area is 228 Å². The number of urea groups is 1. The summed E-state index contributed by atoms with van der Waals surface area (Å²) in [5, 5.41) is 10.2. The van der Waals surface area contributed by atoms with Crippen LogP contribution in [0.5, 0.6) is 0 Å². The molecular weight excluding hydrogens is 490 g/mol. The third-order valence-electron chi connectivity index (χ3n) is 8.60. The molecule has 3 amide bonds.